The largest absolute Gasteiger partial charge is 0.469 e. The molecule has 0 fully saturated rings. The van der Waals surface area contributed by atoms with Crippen LogP contribution in [0.3, 0.4) is 0 Å². The number of aryl methyl sites for hydroxylation is 1. The van der Waals surface area contributed by atoms with E-state index in [1.807, 2.05) is 6.26 Å². The molecule has 3 rings (SSSR count). The van der Waals surface area contributed by atoms with E-state index in [2.05, 4.69) is 26.8 Å². The van der Waals surface area contributed by atoms with E-state index in [4.69, 9.17) is 4.42 Å². The van der Waals surface area contributed by atoms with E-state index in [0.717, 1.165) is 18.6 Å². The second-order valence-electron chi connectivity index (χ2n) is 5.80. The van der Waals surface area contributed by atoms with Gasteiger partial charge in [-0.3, -0.25) is 4.79 Å². The summed E-state index contributed by atoms with van der Waals surface area (Å²) < 4.78 is 5.62. The quantitative estimate of drug-likeness (QED) is 0.685. The lowest BCUT2D eigenvalue weighted by molar-refractivity contribution is -0.123. The molecule has 0 amide bonds. The van der Waals surface area contributed by atoms with Gasteiger partial charge in [0, 0.05) is 12.3 Å². The highest BCUT2D eigenvalue weighted by Crippen LogP contribution is 2.49. The van der Waals surface area contributed by atoms with Crippen LogP contribution in [0.5, 0.6) is 0 Å². The first kappa shape index (κ1) is 10.8. The van der Waals surface area contributed by atoms with E-state index < -0.39 is 0 Å². The number of furan rings is 1. The zero-order valence-electron chi connectivity index (χ0n) is 10.6. The molecule has 0 N–H and O–H groups in total. The van der Waals surface area contributed by atoms with Gasteiger partial charge in [-0.15, -0.1) is 0 Å². The van der Waals surface area contributed by atoms with Gasteiger partial charge in [0.15, 0.2) is 5.78 Å². The summed E-state index contributed by atoms with van der Waals surface area (Å²) in [6.07, 6.45) is 7.60. The van der Waals surface area contributed by atoms with Crippen LogP contribution < -0.4 is 0 Å². The van der Waals surface area contributed by atoms with E-state index in [1.165, 1.54) is 11.1 Å². The van der Waals surface area contributed by atoms with E-state index >= 15 is 0 Å². The Morgan fingerprint density at radius 1 is 1.47 bits per heavy atom. The van der Waals surface area contributed by atoms with Crippen molar-refractivity contribution in [2.45, 2.75) is 33.6 Å². The highest BCUT2D eigenvalue weighted by Gasteiger charge is 2.47. The molecule has 0 radical (unpaired) electrons. The summed E-state index contributed by atoms with van der Waals surface area (Å²) in [4.78, 5) is 11.9. The number of carbonyl (C=O) groups is 1. The molecule has 0 aliphatic heterocycles. The van der Waals surface area contributed by atoms with Gasteiger partial charge >= 0.3 is 0 Å². The predicted molar refractivity (Wildman–Crippen MR) is 65.8 cm³/mol. The van der Waals surface area contributed by atoms with Crippen LogP contribution in [0.15, 0.2) is 22.8 Å². The Kier molecular flexibility index (Phi) is 2.13. The number of hydrogen-bond acceptors (Lipinski definition) is 2. The van der Waals surface area contributed by atoms with Crippen molar-refractivity contribution in [1.82, 2.24) is 0 Å². The molecule has 17 heavy (non-hydrogen) atoms. The van der Waals surface area contributed by atoms with Crippen LogP contribution in [0, 0.1) is 24.2 Å². The molecule has 2 aliphatic carbocycles. The normalized spacial score (nSPS) is 35.6. The number of allylic oxidation sites excluding steroid dienone is 2. The average molecular weight is 230 g/mol. The highest BCUT2D eigenvalue weighted by molar-refractivity contribution is 5.93. The number of ketones is 1. The molecule has 2 aliphatic rings. The van der Waals surface area contributed by atoms with Gasteiger partial charge in [0.25, 0.3) is 0 Å². The Morgan fingerprint density at radius 3 is 3.00 bits per heavy atom. The van der Waals surface area contributed by atoms with Gasteiger partial charge in [-0.2, -0.15) is 0 Å². The van der Waals surface area contributed by atoms with Crippen molar-refractivity contribution in [2.75, 3.05) is 0 Å². The molecule has 0 spiro atoms. The minimum atomic E-state index is 0.0630. The van der Waals surface area contributed by atoms with Gasteiger partial charge in [0.2, 0.25) is 0 Å². The maximum absolute atomic E-state index is 11.9. The molecular formula is C15H18O2. The second-order valence-corrected chi connectivity index (χ2v) is 5.80. The fourth-order valence-electron chi connectivity index (χ4n) is 3.32. The molecule has 1 heterocycles. The Labute approximate surface area is 102 Å². The van der Waals surface area contributed by atoms with Crippen molar-refractivity contribution in [3.8, 4) is 0 Å². The van der Waals surface area contributed by atoms with Crippen LogP contribution in [-0.2, 0) is 17.6 Å². The molecule has 0 saturated carbocycles. The van der Waals surface area contributed by atoms with E-state index in [1.54, 1.807) is 6.08 Å². The lowest BCUT2D eigenvalue weighted by Crippen LogP contribution is -2.44. The fraction of sp³-hybridized carbons (Fsp3) is 0.533. The first-order chi connectivity index (χ1) is 8.02. The maximum atomic E-state index is 11.9. The summed E-state index contributed by atoms with van der Waals surface area (Å²) in [5.41, 5.74) is 2.63. The zero-order valence-corrected chi connectivity index (χ0v) is 10.6. The molecule has 0 unspecified atom stereocenters. The van der Waals surface area contributed by atoms with Gasteiger partial charge in [-0.25, -0.2) is 0 Å². The third-order valence-corrected chi connectivity index (χ3v) is 4.91. The standard InChI is InChI=1S/C15H18O2/c1-9-8-17-14-6-11-4-5-13(16)10(2)15(11,3)7-12(9)14/h4-5,8,10-11H,6-7H2,1-3H3/t10-,11+,15+/m0/s1. The van der Waals surface area contributed by atoms with Crippen molar-refractivity contribution < 1.29 is 9.21 Å². The first-order valence-electron chi connectivity index (χ1n) is 6.30. The van der Waals surface area contributed by atoms with E-state index in [0.29, 0.717) is 5.92 Å². The molecule has 1 aromatic rings. The average Bonchev–Trinajstić information content (AvgIpc) is 2.64. The van der Waals surface area contributed by atoms with Gasteiger partial charge in [-0.1, -0.05) is 19.9 Å². The monoisotopic (exact) mass is 230 g/mol. The molecule has 1 aromatic heterocycles. The van der Waals surface area contributed by atoms with Crippen molar-refractivity contribution in [1.29, 1.82) is 0 Å². The van der Waals surface area contributed by atoms with Gasteiger partial charge in [0.05, 0.1) is 6.26 Å². The minimum absolute atomic E-state index is 0.0630. The summed E-state index contributed by atoms with van der Waals surface area (Å²) in [6, 6.07) is 0. The topological polar surface area (TPSA) is 30.2 Å². The molecule has 2 nitrogen and oxygen atoms in total. The Morgan fingerprint density at radius 2 is 2.24 bits per heavy atom. The lowest BCUT2D eigenvalue weighted by Gasteiger charge is -2.45. The Hall–Kier alpha value is -1.31. The molecule has 0 saturated heterocycles. The smallest absolute Gasteiger partial charge is 0.158 e. The Bertz CT molecular complexity index is 509. The number of hydrogen-bond donors (Lipinski definition) is 0. The number of fused-ring (bicyclic) bond motifs is 2. The maximum Gasteiger partial charge on any atom is 0.158 e. The third-order valence-electron chi connectivity index (χ3n) is 4.91. The predicted octanol–water partition coefficient (Wildman–Crippen LogP) is 3.08. The van der Waals surface area contributed by atoms with Crippen molar-refractivity contribution in [3.63, 3.8) is 0 Å². The van der Waals surface area contributed by atoms with Crippen molar-refractivity contribution in [2.24, 2.45) is 17.3 Å². The molecule has 2 heteroatoms. The van der Waals surface area contributed by atoms with Gasteiger partial charge in [-0.05, 0) is 41.9 Å². The summed E-state index contributed by atoms with van der Waals surface area (Å²) in [5.74, 6) is 1.94. The minimum Gasteiger partial charge on any atom is -0.469 e. The number of carbonyl (C=O) groups excluding carboxylic acids is 1. The molecule has 0 aromatic carbocycles. The summed E-state index contributed by atoms with van der Waals surface area (Å²) in [6.45, 7) is 6.41. The van der Waals surface area contributed by atoms with E-state index in [-0.39, 0.29) is 17.1 Å². The van der Waals surface area contributed by atoms with Crippen LogP contribution in [0.25, 0.3) is 0 Å². The highest BCUT2D eigenvalue weighted by atomic mass is 16.3. The van der Waals surface area contributed by atoms with E-state index in [9.17, 15) is 4.79 Å². The number of rotatable bonds is 0. The van der Waals surface area contributed by atoms with Crippen LogP contribution in [0.2, 0.25) is 0 Å². The van der Waals surface area contributed by atoms with Gasteiger partial charge in [0.1, 0.15) is 5.76 Å². The molecule has 0 bridgehead atoms. The van der Waals surface area contributed by atoms with Crippen LogP contribution in [-0.4, -0.2) is 5.78 Å². The molecule has 90 valence electrons. The van der Waals surface area contributed by atoms with Crippen LogP contribution in [0.4, 0.5) is 0 Å². The fourth-order valence-corrected chi connectivity index (χ4v) is 3.32. The van der Waals surface area contributed by atoms with Gasteiger partial charge < -0.3 is 4.42 Å². The summed E-state index contributed by atoms with van der Waals surface area (Å²) >= 11 is 0. The summed E-state index contributed by atoms with van der Waals surface area (Å²) in [7, 11) is 0. The first-order valence-corrected chi connectivity index (χ1v) is 6.30. The van der Waals surface area contributed by atoms with Crippen molar-refractivity contribution >= 4 is 5.78 Å². The second kappa shape index (κ2) is 3.34. The Balaban J connectivity index is 2.09. The van der Waals surface area contributed by atoms with Crippen LogP contribution in [0.1, 0.15) is 30.7 Å². The lowest BCUT2D eigenvalue weighted by atomic mass is 9.57. The SMILES string of the molecule is Cc1coc2c1C[C@@]1(C)[C@H](C=CC(=O)[C@@H]1C)C2. The third kappa shape index (κ3) is 1.36. The molecule has 3 atom stereocenters. The zero-order chi connectivity index (χ0) is 12.2. The van der Waals surface area contributed by atoms with Crippen molar-refractivity contribution in [3.05, 3.63) is 35.3 Å². The summed E-state index contributed by atoms with van der Waals surface area (Å²) in [5, 5.41) is 0. The van der Waals surface area contributed by atoms with Crippen LogP contribution >= 0.6 is 0 Å². The molecular weight excluding hydrogens is 212 g/mol.